The van der Waals surface area contributed by atoms with Crippen molar-refractivity contribution in [3.8, 4) is 5.69 Å². The first-order chi connectivity index (χ1) is 12.2. The lowest BCUT2D eigenvalue weighted by molar-refractivity contribution is -0.140. The van der Waals surface area contributed by atoms with Crippen LogP contribution in [0.1, 0.15) is 25.8 Å². The van der Waals surface area contributed by atoms with E-state index in [9.17, 15) is 18.0 Å². The predicted molar refractivity (Wildman–Crippen MR) is 94.0 cm³/mol. The van der Waals surface area contributed by atoms with E-state index in [0.29, 0.717) is 0 Å². The first kappa shape index (κ1) is 18.3. The number of hydrogen-bond donors (Lipinski definition) is 1. The van der Waals surface area contributed by atoms with Gasteiger partial charge in [-0.3, -0.25) is 14.5 Å². The molecule has 1 aliphatic heterocycles. The summed E-state index contributed by atoms with van der Waals surface area (Å²) in [5.41, 5.74) is 1.80. The summed E-state index contributed by atoms with van der Waals surface area (Å²) in [5.74, 6) is -0.910. The fourth-order valence-electron chi connectivity index (χ4n) is 2.82. The van der Waals surface area contributed by atoms with Crippen LogP contribution in [-0.4, -0.2) is 47.0 Å². The zero-order valence-electron chi connectivity index (χ0n) is 14.7. The molecule has 0 aliphatic carbocycles. The molecule has 0 bridgehead atoms. The number of carbonyl (C=O) groups is 2. The number of nitrogens with one attached hydrogen (secondary N) is 1. The Kier molecular flexibility index (Phi) is 4.68. The maximum absolute atomic E-state index is 12.6. The molecule has 138 valence electrons. The van der Waals surface area contributed by atoms with Crippen LogP contribution >= 0.6 is 0 Å². The Bertz CT molecular complexity index is 947. The van der Waals surface area contributed by atoms with Crippen molar-refractivity contribution in [2.45, 2.75) is 44.2 Å². The van der Waals surface area contributed by atoms with Crippen molar-refractivity contribution >= 4 is 21.8 Å². The number of hydrogen-bond acceptors (Lipinski definition) is 5. The summed E-state index contributed by atoms with van der Waals surface area (Å²) in [6, 6.07) is 6.04. The summed E-state index contributed by atoms with van der Waals surface area (Å²) >= 11 is 0. The molecule has 0 spiro atoms. The van der Waals surface area contributed by atoms with Gasteiger partial charge in [-0.25, -0.2) is 13.1 Å². The lowest BCUT2D eigenvalue weighted by Crippen LogP contribution is -2.43. The Morgan fingerprint density at radius 2 is 1.85 bits per heavy atom. The van der Waals surface area contributed by atoms with E-state index in [2.05, 4.69) is 9.82 Å². The molecule has 1 aromatic carbocycles. The molecule has 0 radical (unpaired) electrons. The van der Waals surface area contributed by atoms with E-state index >= 15 is 0 Å². The van der Waals surface area contributed by atoms with E-state index in [1.165, 1.54) is 17.1 Å². The number of aromatic nitrogens is 2. The van der Waals surface area contributed by atoms with Crippen molar-refractivity contribution in [2.75, 3.05) is 0 Å². The number of aryl methyl sites for hydroxylation is 1. The topological polar surface area (TPSA) is 101 Å². The van der Waals surface area contributed by atoms with Crippen molar-refractivity contribution in [1.29, 1.82) is 0 Å². The lowest BCUT2D eigenvalue weighted by atomic mass is 10.2. The minimum absolute atomic E-state index is 0.0682. The van der Waals surface area contributed by atoms with Crippen LogP contribution in [0.3, 0.4) is 0 Å². The van der Waals surface area contributed by atoms with E-state index in [1.54, 1.807) is 13.8 Å². The number of imide groups is 1. The monoisotopic (exact) mass is 376 g/mol. The summed E-state index contributed by atoms with van der Waals surface area (Å²) < 4.78 is 28.9. The smallest absolute Gasteiger partial charge is 0.248 e. The van der Waals surface area contributed by atoms with E-state index in [1.807, 2.05) is 31.2 Å². The van der Waals surface area contributed by atoms with Gasteiger partial charge >= 0.3 is 0 Å². The standard InChI is InChI=1S/C17H20N4O4S/c1-11(2)21-16(22)8-15(17(21)23)19-26(24,25)14-9-18-20(10-14)13-6-4-12(3)5-7-13/h4-7,9-11,15,19H,8H2,1-3H3/t15-/m1/s1. The normalized spacial score (nSPS) is 18.2. The molecule has 9 heteroatoms. The van der Waals surface area contributed by atoms with Gasteiger partial charge in [-0.15, -0.1) is 0 Å². The van der Waals surface area contributed by atoms with Crippen molar-refractivity contribution < 1.29 is 18.0 Å². The van der Waals surface area contributed by atoms with Crippen LogP contribution in [0.4, 0.5) is 0 Å². The summed E-state index contributed by atoms with van der Waals surface area (Å²) in [7, 11) is -3.98. The molecule has 8 nitrogen and oxygen atoms in total. The van der Waals surface area contributed by atoms with Crippen molar-refractivity contribution in [2.24, 2.45) is 0 Å². The molecule has 2 heterocycles. The Balaban J connectivity index is 1.80. The molecule has 0 saturated carbocycles. The van der Waals surface area contributed by atoms with E-state index in [4.69, 9.17) is 0 Å². The van der Waals surface area contributed by atoms with Gasteiger partial charge in [-0.05, 0) is 32.9 Å². The van der Waals surface area contributed by atoms with Crippen LogP contribution < -0.4 is 4.72 Å². The quantitative estimate of drug-likeness (QED) is 0.785. The number of rotatable bonds is 5. The molecule has 26 heavy (non-hydrogen) atoms. The molecule has 1 fully saturated rings. The Labute approximate surface area is 151 Å². The molecule has 1 saturated heterocycles. The largest absolute Gasteiger partial charge is 0.279 e. The molecule has 1 aromatic heterocycles. The third-order valence-corrected chi connectivity index (χ3v) is 5.59. The van der Waals surface area contributed by atoms with E-state index in [0.717, 1.165) is 16.2 Å². The van der Waals surface area contributed by atoms with Gasteiger partial charge in [0.15, 0.2) is 0 Å². The fraction of sp³-hybridized carbons (Fsp3) is 0.353. The Hall–Kier alpha value is -2.52. The van der Waals surface area contributed by atoms with Gasteiger partial charge in [0.05, 0.1) is 24.5 Å². The number of sulfonamides is 1. The van der Waals surface area contributed by atoms with Crippen LogP contribution in [0.15, 0.2) is 41.6 Å². The minimum atomic E-state index is -3.98. The van der Waals surface area contributed by atoms with Gasteiger partial charge in [-0.1, -0.05) is 17.7 Å². The highest BCUT2D eigenvalue weighted by Crippen LogP contribution is 2.19. The molecule has 2 aromatic rings. The lowest BCUT2D eigenvalue weighted by Gasteiger charge is -2.19. The summed E-state index contributed by atoms with van der Waals surface area (Å²) in [6.07, 6.45) is 2.40. The third-order valence-electron chi connectivity index (χ3n) is 4.16. The molecule has 1 N–H and O–H groups in total. The van der Waals surface area contributed by atoms with Crippen LogP contribution in [-0.2, 0) is 19.6 Å². The molecule has 3 rings (SSSR count). The SMILES string of the molecule is Cc1ccc(-n2cc(S(=O)(=O)N[C@@H]3CC(=O)N(C(C)C)C3=O)cn2)cc1. The number of likely N-dealkylation sites (tertiary alicyclic amines) is 1. The first-order valence-corrected chi connectivity index (χ1v) is 9.67. The first-order valence-electron chi connectivity index (χ1n) is 8.19. The van der Waals surface area contributed by atoms with Gasteiger partial charge in [0.2, 0.25) is 21.8 Å². The van der Waals surface area contributed by atoms with Crippen molar-refractivity contribution in [1.82, 2.24) is 19.4 Å². The van der Waals surface area contributed by atoms with Crippen LogP contribution in [0.5, 0.6) is 0 Å². The minimum Gasteiger partial charge on any atom is -0.279 e. The number of benzene rings is 1. The molecular formula is C17H20N4O4S. The Morgan fingerprint density at radius 1 is 1.19 bits per heavy atom. The summed E-state index contributed by atoms with van der Waals surface area (Å²) in [6.45, 7) is 5.36. The second-order valence-electron chi connectivity index (χ2n) is 6.53. The van der Waals surface area contributed by atoms with Crippen molar-refractivity contribution in [3.63, 3.8) is 0 Å². The average Bonchev–Trinajstić information content (AvgIpc) is 3.14. The van der Waals surface area contributed by atoms with Gasteiger partial charge in [-0.2, -0.15) is 9.82 Å². The maximum Gasteiger partial charge on any atom is 0.248 e. The molecule has 1 atom stereocenters. The highest BCUT2D eigenvalue weighted by Gasteiger charge is 2.42. The van der Waals surface area contributed by atoms with Gasteiger partial charge in [0, 0.05) is 6.04 Å². The predicted octanol–water partition coefficient (Wildman–Crippen LogP) is 0.995. The second kappa shape index (κ2) is 6.65. The zero-order chi connectivity index (χ0) is 19.1. The maximum atomic E-state index is 12.6. The summed E-state index contributed by atoms with van der Waals surface area (Å²) in [4.78, 5) is 25.2. The Morgan fingerprint density at radius 3 is 2.42 bits per heavy atom. The van der Waals surface area contributed by atoms with Gasteiger partial charge < -0.3 is 0 Å². The number of amides is 2. The highest BCUT2D eigenvalue weighted by molar-refractivity contribution is 7.89. The zero-order valence-corrected chi connectivity index (χ0v) is 15.5. The molecular weight excluding hydrogens is 356 g/mol. The molecule has 2 amide bonds. The fourth-order valence-corrected chi connectivity index (χ4v) is 3.94. The van der Waals surface area contributed by atoms with Crippen LogP contribution in [0, 0.1) is 6.92 Å². The highest BCUT2D eigenvalue weighted by atomic mass is 32.2. The number of nitrogens with zero attached hydrogens (tertiary/aromatic N) is 3. The van der Waals surface area contributed by atoms with E-state index in [-0.39, 0.29) is 23.3 Å². The van der Waals surface area contributed by atoms with Crippen LogP contribution in [0.25, 0.3) is 5.69 Å². The third kappa shape index (κ3) is 3.40. The van der Waals surface area contributed by atoms with Gasteiger partial charge in [0.25, 0.3) is 0 Å². The van der Waals surface area contributed by atoms with Crippen molar-refractivity contribution in [3.05, 3.63) is 42.2 Å². The van der Waals surface area contributed by atoms with E-state index < -0.39 is 22.0 Å². The average molecular weight is 376 g/mol. The van der Waals surface area contributed by atoms with Crippen LogP contribution in [0.2, 0.25) is 0 Å². The number of carbonyl (C=O) groups excluding carboxylic acids is 2. The molecule has 0 unspecified atom stereocenters. The second-order valence-corrected chi connectivity index (χ2v) is 8.24. The van der Waals surface area contributed by atoms with Gasteiger partial charge in [0.1, 0.15) is 10.9 Å². The molecule has 1 aliphatic rings. The summed E-state index contributed by atoms with van der Waals surface area (Å²) in [5, 5.41) is 4.07.